The molecule has 0 radical (unpaired) electrons. The first kappa shape index (κ1) is 36.9. The minimum Gasteiger partial charge on any atom is -0.495 e. The number of hydrogen-bond donors (Lipinski definition) is 1. The molecule has 0 saturated carbocycles. The number of hydrogen-bond acceptors (Lipinski definition) is 10. The summed E-state index contributed by atoms with van der Waals surface area (Å²) in [4.78, 5) is 66.2. The van der Waals surface area contributed by atoms with E-state index in [1.165, 1.54) is 64.7 Å². The first-order valence-electron chi connectivity index (χ1n) is 16.5. The van der Waals surface area contributed by atoms with Gasteiger partial charge in [-0.1, -0.05) is 76.8 Å². The molecule has 13 heteroatoms. The number of fused-ring (bicyclic) bond motifs is 1. The topological polar surface area (TPSA) is 138 Å². The Bertz CT molecular complexity index is 1640. The van der Waals surface area contributed by atoms with Crippen molar-refractivity contribution in [3.05, 3.63) is 58.6 Å². The number of carbonyl (C=O) groups is 3. The minimum atomic E-state index is -1.62. The molecule has 1 fully saturated rings. The molecule has 0 aliphatic carbocycles. The second-order valence-electron chi connectivity index (χ2n) is 12.3. The van der Waals surface area contributed by atoms with Crippen LogP contribution in [0, 0.1) is 0 Å². The number of unbranched alkanes of at least 4 members (excludes halogenated alkanes) is 9. The molecule has 1 unspecified atom stereocenters. The number of para-hydroxylation sites is 2. The maximum atomic E-state index is 14.2. The SMILES string of the molecule is CCCCCCCCCCCCn1c(C(C(=O)Nc2ccccc2OC)N2C(=O)OC(C)(C)C2=O)nc2ccc(SOOC)cc2c1=O. The highest BCUT2D eigenvalue weighted by atomic mass is 32.2. The van der Waals surface area contributed by atoms with E-state index in [9.17, 15) is 19.2 Å². The molecule has 4 rings (SSSR count). The van der Waals surface area contributed by atoms with Crippen molar-refractivity contribution in [1.82, 2.24) is 14.5 Å². The van der Waals surface area contributed by atoms with Crippen molar-refractivity contribution in [3.63, 3.8) is 0 Å². The lowest BCUT2D eigenvalue weighted by Crippen LogP contribution is -2.46. The molecule has 2 aromatic carbocycles. The highest BCUT2D eigenvalue weighted by molar-refractivity contribution is 7.94. The van der Waals surface area contributed by atoms with Crippen LogP contribution in [0.5, 0.6) is 5.75 Å². The summed E-state index contributed by atoms with van der Waals surface area (Å²) in [6.45, 7) is 5.33. The van der Waals surface area contributed by atoms with Crippen LogP contribution in [-0.4, -0.2) is 52.2 Å². The zero-order valence-electron chi connectivity index (χ0n) is 28.4. The molecule has 0 spiro atoms. The van der Waals surface area contributed by atoms with Crippen molar-refractivity contribution in [2.75, 3.05) is 19.5 Å². The van der Waals surface area contributed by atoms with E-state index in [0.29, 0.717) is 22.8 Å². The molecule has 1 aromatic heterocycles. The number of anilines is 1. The van der Waals surface area contributed by atoms with Crippen LogP contribution in [0.25, 0.3) is 10.9 Å². The van der Waals surface area contributed by atoms with Gasteiger partial charge in [0.15, 0.2) is 11.6 Å². The van der Waals surface area contributed by atoms with Crippen molar-refractivity contribution >= 4 is 46.5 Å². The molecule has 12 nitrogen and oxygen atoms in total. The molecule has 1 atom stereocenters. The lowest BCUT2D eigenvalue weighted by molar-refractivity contribution is -0.160. The van der Waals surface area contributed by atoms with Crippen molar-refractivity contribution in [1.29, 1.82) is 0 Å². The van der Waals surface area contributed by atoms with E-state index in [1.807, 2.05) is 0 Å². The van der Waals surface area contributed by atoms with Gasteiger partial charge in [-0.15, -0.1) is 0 Å². The van der Waals surface area contributed by atoms with Gasteiger partial charge in [-0.05, 0) is 50.6 Å². The molecule has 2 heterocycles. The Morgan fingerprint density at radius 1 is 0.958 bits per heavy atom. The number of cyclic esters (lactones) is 1. The van der Waals surface area contributed by atoms with Crippen LogP contribution in [0.15, 0.2) is 52.2 Å². The molecule has 3 amide bonds. The van der Waals surface area contributed by atoms with Crippen LogP contribution in [0.3, 0.4) is 0 Å². The fraction of sp³-hybridized carbons (Fsp3) is 0.514. The van der Waals surface area contributed by atoms with Gasteiger partial charge in [-0.2, -0.15) is 4.33 Å². The van der Waals surface area contributed by atoms with Crippen molar-refractivity contribution in [2.45, 2.75) is 108 Å². The fourth-order valence-electron chi connectivity index (χ4n) is 5.73. The van der Waals surface area contributed by atoms with Gasteiger partial charge < -0.3 is 14.8 Å². The van der Waals surface area contributed by atoms with Crippen LogP contribution >= 0.6 is 12.0 Å². The van der Waals surface area contributed by atoms with E-state index in [1.54, 1.807) is 42.5 Å². The van der Waals surface area contributed by atoms with Crippen molar-refractivity contribution in [2.24, 2.45) is 0 Å². The number of amides is 3. The predicted molar refractivity (Wildman–Crippen MR) is 184 cm³/mol. The molecule has 48 heavy (non-hydrogen) atoms. The van der Waals surface area contributed by atoms with Gasteiger partial charge in [0.1, 0.15) is 11.6 Å². The number of nitrogens with zero attached hydrogens (tertiary/aromatic N) is 3. The number of ether oxygens (including phenoxy) is 2. The van der Waals surface area contributed by atoms with Gasteiger partial charge in [0.25, 0.3) is 17.4 Å². The molecule has 1 aliphatic heterocycles. The average Bonchev–Trinajstić information content (AvgIpc) is 3.27. The number of rotatable bonds is 19. The number of benzene rings is 2. The maximum absolute atomic E-state index is 14.2. The highest BCUT2D eigenvalue weighted by Crippen LogP contribution is 2.34. The van der Waals surface area contributed by atoms with E-state index >= 15 is 0 Å². The van der Waals surface area contributed by atoms with Crippen molar-refractivity contribution < 1.29 is 33.1 Å². The van der Waals surface area contributed by atoms with Gasteiger partial charge >= 0.3 is 6.09 Å². The first-order chi connectivity index (χ1) is 23.1. The number of nitrogens with one attached hydrogen (secondary N) is 1. The Kier molecular flexibility index (Phi) is 13.4. The van der Waals surface area contributed by atoms with E-state index in [4.69, 9.17) is 23.7 Å². The average molecular weight is 683 g/mol. The Hall–Kier alpha value is -3.94. The summed E-state index contributed by atoms with van der Waals surface area (Å²) in [5.74, 6) is -1.16. The van der Waals surface area contributed by atoms with Gasteiger partial charge in [0.05, 0.1) is 42.9 Å². The van der Waals surface area contributed by atoms with Gasteiger partial charge in [0.2, 0.25) is 0 Å². The molecule has 0 bridgehead atoms. The second kappa shape index (κ2) is 17.5. The second-order valence-corrected chi connectivity index (χ2v) is 13.0. The molecular formula is C35H46N4O8S. The Morgan fingerprint density at radius 2 is 1.62 bits per heavy atom. The summed E-state index contributed by atoms with van der Waals surface area (Å²) in [5.41, 5.74) is -1.34. The van der Waals surface area contributed by atoms with Gasteiger partial charge in [0, 0.05) is 11.4 Å². The van der Waals surface area contributed by atoms with E-state index in [2.05, 4.69) is 12.2 Å². The summed E-state index contributed by atoms with van der Waals surface area (Å²) < 4.78 is 17.2. The predicted octanol–water partition coefficient (Wildman–Crippen LogP) is 7.35. The number of methoxy groups -OCH3 is 1. The lowest BCUT2D eigenvalue weighted by atomic mass is 10.1. The third-order valence-electron chi connectivity index (χ3n) is 8.28. The largest absolute Gasteiger partial charge is 0.495 e. The summed E-state index contributed by atoms with van der Waals surface area (Å²) in [6.07, 6.45) is 9.95. The van der Waals surface area contributed by atoms with Crippen LogP contribution in [0.4, 0.5) is 10.5 Å². The molecule has 3 aromatic rings. The first-order valence-corrected chi connectivity index (χ1v) is 17.3. The van der Waals surface area contributed by atoms with Crippen LogP contribution < -0.4 is 15.6 Å². The number of carbonyl (C=O) groups excluding carboxylic acids is 3. The summed E-state index contributed by atoms with van der Waals surface area (Å²) >= 11 is 0.937. The highest BCUT2D eigenvalue weighted by Gasteiger charge is 2.53. The van der Waals surface area contributed by atoms with E-state index in [0.717, 1.165) is 42.6 Å². The normalized spacial score (nSPS) is 14.7. The molecule has 1 N–H and O–H groups in total. The quantitative estimate of drug-likeness (QED) is 0.0591. The smallest absolute Gasteiger partial charge is 0.418 e. The zero-order valence-corrected chi connectivity index (χ0v) is 29.2. The summed E-state index contributed by atoms with van der Waals surface area (Å²) in [5, 5.41) is 3.07. The monoisotopic (exact) mass is 682 g/mol. The number of imide groups is 1. The Morgan fingerprint density at radius 3 is 2.25 bits per heavy atom. The number of aromatic nitrogens is 2. The zero-order chi connectivity index (χ0) is 34.7. The molecule has 260 valence electrons. The van der Waals surface area contributed by atoms with Gasteiger partial charge in [-0.3, -0.25) is 19.0 Å². The molecular weight excluding hydrogens is 636 g/mol. The van der Waals surface area contributed by atoms with Crippen LogP contribution in [0.2, 0.25) is 0 Å². The summed E-state index contributed by atoms with van der Waals surface area (Å²) in [6, 6.07) is 10.1. The van der Waals surface area contributed by atoms with Gasteiger partial charge in [-0.25, -0.2) is 19.6 Å². The van der Waals surface area contributed by atoms with Crippen LogP contribution in [-0.2, 0) is 30.1 Å². The fourth-order valence-corrected chi connectivity index (χ4v) is 6.17. The third kappa shape index (κ3) is 8.94. The third-order valence-corrected chi connectivity index (χ3v) is 8.93. The molecule has 1 saturated heterocycles. The van der Waals surface area contributed by atoms with E-state index in [-0.39, 0.29) is 23.3 Å². The summed E-state index contributed by atoms with van der Waals surface area (Å²) in [7, 11) is 2.84. The standard InChI is InChI=1S/C35H46N4O8S/c1-6-7-8-9-10-11-12-13-14-17-22-38-30(36-26-21-20-24(48-47-45-5)23-25(26)32(38)41)29(39-33(42)35(2,3)46-34(39)43)31(40)37-27-18-15-16-19-28(27)44-4/h15-16,18-21,23,29H,6-14,17,22H2,1-5H3,(H,37,40). The minimum absolute atomic E-state index is 0.0487. The molecule has 1 aliphatic rings. The van der Waals surface area contributed by atoms with Crippen LogP contribution in [0.1, 0.15) is 96.8 Å². The van der Waals surface area contributed by atoms with E-state index < -0.39 is 35.1 Å². The Labute approximate surface area is 285 Å². The Balaban J connectivity index is 1.73. The van der Waals surface area contributed by atoms with Crippen molar-refractivity contribution in [3.8, 4) is 5.75 Å². The lowest BCUT2D eigenvalue weighted by Gasteiger charge is -2.26. The maximum Gasteiger partial charge on any atom is 0.418 e.